The van der Waals surface area contributed by atoms with E-state index in [0.717, 1.165) is 22.5 Å². The number of aromatic carboxylic acids is 1. The number of amides is 2. The number of ether oxygens (including phenoxy) is 1. The minimum absolute atomic E-state index is 0.0262. The molecule has 2 saturated heterocycles. The van der Waals surface area contributed by atoms with Gasteiger partial charge in [0.2, 0.25) is 5.91 Å². The number of carbonyl (C=O) groups excluding carboxylic acids is 2. The molecule has 13 nitrogen and oxygen atoms in total. The molecule has 3 aromatic rings. The van der Waals surface area contributed by atoms with Crippen LogP contribution in [-0.2, 0) is 21.4 Å². The lowest BCUT2D eigenvalue weighted by Gasteiger charge is -2.48. The van der Waals surface area contributed by atoms with E-state index in [9.17, 15) is 23.9 Å². The van der Waals surface area contributed by atoms with Crippen LogP contribution in [-0.4, -0.2) is 129 Å². The van der Waals surface area contributed by atoms with Crippen LogP contribution in [0.5, 0.6) is 0 Å². The molecule has 3 aliphatic rings. The van der Waals surface area contributed by atoms with Crippen molar-refractivity contribution in [3.05, 3.63) is 77.3 Å². The molecule has 0 spiro atoms. The van der Waals surface area contributed by atoms with Crippen LogP contribution in [0.25, 0.3) is 0 Å². The number of rotatable bonds is 8. The third kappa shape index (κ3) is 8.76. The molecular weight excluding hydrogens is 679 g/mol. The molecule has 0 bridgehead atoms. The third-order valence-corrected chi connectivity index (χ3v) is 10.3. The molecule has 3 atom stereocenters. The highest BCUT2D eigenvalue weighted by atomic mass is 19.1. The zero-order chi connectivity index (χ0) is 38.2. The summed E-state index contributed by atoms with van der Waals surface area (Å²) < 4.78 is 19.4. The van der Waals surface area contributed by atoms with Crippen molar-refractivity contribution in [2.24, 2.45) is 0 Å². The van der Waals surface area contributed by atoms with Gasteiger partial charge < -0.3 is 24.5 Å². The Morgan fingerprint density at radius 2 is 1.66 bits per heavy atom. The summed E-state index contributed by atoms with van der Waals surface area (Å²) in [5, 5.41) is 9.22. The van der Waals surface area contributed by atoms with Gasteiger partial charge in [0.05, 0.1) is 30.3 Å². The Kier molecular flexibility index (Phi) is 10.8. The zero-order valence-corrected chi connectivity index (χ0v) is 31.8. The zero-order valence-electron chi connectivity index (χ0n) is 31.8. The summed E-state index contributed by atoms with van der Waals surface area (Å²) in [6.07, 6.45) is 4.84. The molecule has 3 aliphatic heterocycles. The summed E-state index contributed by atoms with van der Waals surface area (Å²) in [7, 11) is 0. The highest BCUT2D eigenvalue weighted by Gasteiger charge is 2.43. The lowest BCUT2D eigenvalue weighted by molar-refractivity contribution is -0.121. The van der Waals surface area contributed by atoms with Gasteiger partial charge in [-0.25, -0.2) is 23.9 Å². The van der Waals surface area contributed by atoms with Gasteiger partial charge in [-0.15, -0.1) is 0 Å². The fraction of sp³-hybridized carbons (Fsp3) is 0.538. The molecular formula is C39H51FN8O5. The van der Waals surface area contributed by atoms with Crippen LogP contribution in [0.15, 0.2) is 48.9 Å². The average molecular weight is 731 g/mol. The lowest BCUT2D eigenvalue weighted by atomic mass is 9.91. The maximum Gasteiger partial charge on any atom is 0.410 e. The number of piperazine rings is 2. The molecule has 6 rings (SSSR count). The highest BCUT2D eigenvalue weighted by molar-refractivity contribution is 5.97. The predicted molar refractivity (Wildman–Crippen MR) is 199 cm³/mol. The van der Waals surface area contributed by atoms with E-state index in [1.165, 1.54) is 24.5 Å². The van der Waals surface area contributed by atoms with Crippen molar-refractivity contribution in [2.75, 3.05) is 62.2 Å². The molecule has 1 N–H and O–H groups in total. The van der Waals surface area contributed by atoms with Gasteiger partial charge in [-0.3, -0.25) is 19.6 Å². The molecule has 2 amide bonds. The van der Waals surface area contributed by atoms with E-state index in [0.29, 0.717) is 58.1 Å². The first-order valence-electron chi connectivity index (χ1n) is 18.3. The normalized spacial score (nSPS) is 22.1. The predicted octanol–water partition coefficient (Wildman–Crippen LogP) is 4.44. The summed E-state index contributed by atoms with van der Waals surface area (Å²) in [6.45, 7) is 18.2. The van der Waals surface area contributed by atoms with Crippen molar-refractivity contribution >= 4 is 29.5 Å². The second-order valence-electron chi connectivity index (χ2n) is 16.3. The maximum absolute atomic E-state index is 14.4. The molecule has 2 fully saturated rings. The van der Waals surface area contributed by atoms with Crippen LogP contribution < -0.4 is 9.80 Å². The van der Waals surface area contributed by atoms with Crippen LogP contribution in [0.4, 0.5) is 20.7 Å². The van der Waals surface area contributed by atoms with Crippen molar-refractivity contribution < 1.29 is 28.6 Å². The Balaban J connectivity index is 1.20. The fourth-order valence-electron chi connectivity index (χ4n) is 7.59. The molecule has 0 saturated carbocycles. The Morgan fingerprint density at radius 1 is 0.925 bits per heavy atom. The van der Waals surface area contributed by atoms with Gasteiger partial charge in [-0.1, -0.05) is 26.0 Å². The first kappa shape index (κ1) is 38.0. The molecule has 284 valence electrons. The standard InChI is InChI=1S/C39H51FN8O5/c1-25-19-45(33-18-41-31(17-42-33)36(50)51)13-12-44(25)21-30-22-47(37(52)53-38(3,4)5)26(2)20-46(30)23-34(49)48-24-39(6,7)35-32(48)15-28(16-43-35)14-27-8-10-29(40)11-9-27/h8-11,15-18,25-26,30H,12-14,19-24H2,1-7H3,(H,50,51)/t25-,26-,30+/m1/s1. The molecule has 5 heterocycles. The average Bonchev–Trinajstić information content (AvgIpc) is 3.36. The van der Waals surface area contributed by atoms with Gasteiger partial charge in [0.15, 0.2) is 5.69 Å². The number of pyridine rings is 1. The number of carbonyl (C=O) groups is 3. The van der Waals surface area contributed by atoms with E-state index >= 15 is 0 Å². The van der Waals surface area contributed by atoms with Crippen molar-refractivity contribution in [1.29, 1.82) is 0 Å². The van der Waals surface area contributed by atoms with Crippen LogP contribution in [0, 0.1) is 5.82 Å². The van der Waals surface area contributed by atoms with Gasteiger partial charge in [-0.2, -0.15) is 0 Å². The van der Waals surface area contributed by atoms with Crippen LogP contribution in [0.3, 0.4) is 0 Å². The molecule has 0 aliphatic carbocycles. The van der Waals surface area contributed by atoms with E-state index in [1.54, 1.807) is 17.0 Å². The number of nitrogens with zero attached hydrogens (tertiary/aromatic N) is 8. The number of aromatic nitrogens is 3. The van der Waals surface area contributed by atoms with Gasteiger partial charge in [0.1, 0.15) is 17.2 Å². The number of halogens is 1. The molecule has 2 aromatic heterocycles. The number of carboxylic acids is 1. The van der Waals surface area contributed by atoms with Crippen molar-refractivity contribution in [3.63, 3.8) is 0 Å². The minimum atomic E-state index is -1.12. The van der Waals surface area contributed by atoms with Gasteiger partial charge in [0.25, 0.3) is 0 Å². The number of hydrogen-bond donors (Lipinski definition) is 1. The van der Waals surface area contributed by atoms with E-state index in [1.807, 2.05) is 44.9 Å². The molecule has 14 heteroatoms. The van der Waals surface area contributed by atoms with Gasteiger partial charge in [-0.05, 0) is 70.4 Å². The van der Waals surface area contributed by atoms with Crippen molar-refractivity contribution in [1.82, 2.24) is 29.7 Å². The van der Waals surface area contributed by atoms with E-state index in [2.05, 4.69) is 45.4 Å². The Labute approximate surface area is 310 Å². The number of hydrogen-bond acceptors (Lipinski definition) is 10. The summed E-state index contributed by atoms with van der Waals surface area (Å²) in [6, 6.07) is 8.25. The van der Waals surface area contributed by atoms with Crippen LogP contribution >= 0.6 is 0 Å². The monoisotopic (exact) mass is 730 g/mol. The number of benzene rings is 1. The van der Waals surface area contributed by atoms with Gasteiger partial charge >= 0.3 is 12.1 Å². The quantitative estimate of drug-likeness (QED) is 0.353. The van der Waals surface area contributed by atoms with Crippen LogP contribution in [0.1, 0.15) is 75.8 Å². The molecule has 1 aromatic carbocycles. The minimum Gasteiger partial charge on any atom is -0.476 e. The summed E-state index contributed by atoms with van der Waals surface area (Å²) in [5.74, 6) is -0.800. The Bertz CT molecular complexity index is 1820. The number of fused-ring (bicyclic) bond motifs is 1. The summed E-state index contributed by atoms with van der Waals surface area (Å²) in [5.41, 5.74) is 2.51. The molecule has 0 unspecified atom stereocenters. The number of anilines is 2. The summed E-state index contributed by atoms with van der Waals surface area (Å²) >= 11 is 0. The first-order chi connectivity index (χ1) is 25.0. The third-order valence-electron chi connectivity index (χ3n) is 10.3. The summed E-state index contributed by atoms with van der Waals surface area (Å²) in [4.78, 5) is 62.6. The Morgan fingerprint density at radius 3 is 2.30 bits per heavy atom. The van der Waals surface area contributed by atoms with Crippen LogP contribution in [0.2, 0.25) is 0 Å². The molecule has 0 radical (unpaired) electrons. The second-order valence-corrected chi connectivity index (χ2v) is 16.3. The molecule has 53 heavy (non-hydrogen) atoms. The van der Waals surface area contributed by atoms with E-state index < -0.39 is 11.6 Å². The highest BCUT2D eigenvalue weighted by Crippen LogP contribution is 2.40. The number of carboxylic acid groups (broad SMARTS) is 1. The van der Waals surface area contributed by atoms with Gasteiger partial charge in [0, 0.05) is 75.6 Å². The topological polar surface area (TPSA) is 136 Å². The maximum atomic E-state index is 14.4. The van der Waals surface area contributed by atoms with E-state index in [-0.39, 0.29) is 53.6 Å². The van der Waals surface area contributed by atoms with E-state index in [4.69, 9.17) is 9.72 Å². The second kappa shape index (κ2) is 15.0. The Hall–Kier alpha value is -4.69. The SMILES string of the molecule is C[C@@H]1CN(c2cnc(C(=O)O)cn2)CCN1C[C@H]1CN(C(=O)OC(C)(C)C)[C@H](C)CN1CC(=O)N1CC(C)(C)c2ncc(Cc3ccc(F)cc3)cc21. The first-order valence-corrected chi connectivity index (χ1v) is 18.3. The van der Waals surface area contributed by atoms with Crippen molar-refractivity contribution in [2.45, 2.75) is 84.0 Å². The van der Waals surface area contributed by atoms with Crippen molar-refractivity contribution in [3.8, 4) is 0 Å². The fourth-order valence-corrected chi connectivity index (χ4v) is 7.59. The smallest absolute Gasteiger partial charge is 0.410 e. The lowest BCUT2D eigenvalue weighted by Crippen LogP contribution is -2.65. The largest absolute Gasteiger partial charge is 0.476 e.